The van der Waals surface area contributed by atoms with Crippen LogP contribution in [0.1, 0.15) is 26.2 Å². The van der Waals surface area contributed by atoms with Crippen molar-refractivity contribution in [2.24, 2.45) is 11.1 Å². The van der Waals surface area contributed by atoms with Crippen molar-refractivity contribution in [1.29, 1.82) is 5.41 Å². The van der Waals surface area contributed by atoms with E-state index in [0.717, 1.165) is 24.1 Å². The summed E-state index contributed by atoms with van der Waals surface area (Å²) in [6, 6.07) is 0. The first-order valence-electron chi connectivity index (χ1n) is 4.96. The zero-order chi connectivity index (χ0) is 10.6. The molecule has 0 aromatic carbocycles. The summed E-state index contributed by atoms with van der Waals surface area (Å²) >= 11 is 0. The Morgan fingerprint density at radius 3 is 2.64 bits per heavy atom. The average Bonchev–Trinajstić information content (AvgIpc) is 3.00. The number of nitrogens with zero attached hydrogens (tertiary/aromatic N) is 1. The number of nitroso groups, excluding NO2 is 1. The van der Waals surface area contributed by atoms with Gasteiger partial charge in [0.25, 0.3) is 0 Å². The monoisotopic (exact) mass is 195 g/mol. The molecule has 0 saturated heterocycles. The van der Waals surface area contributed by atoms with E-state index in [-0.39, 0.29) is 6.54 Å². The third-order valence-electron chi connectivity index (χ3n) is 2.59. The van der Waals surface area contributed by atoms with Crippen LogP contribution in [-0.2, 0) is 0 Å². The topological polar surface area (TPSA) is 65.3 Å². The molecule has 0 radical (unpaired) electrons. The first-order chi connectivity index (χ1) is 6.70. The van der Waals surface area contributed by atoms with Crippen LogP contribution in [0.5, 0.6) is 0 Å². The van der Waals surface area contributed by atoms with Crippen LogP contribution in [0, 0.1) is 16.2 Å². The Hall–Kier alpha value is -1.19. The summed E-state index contributed by atoms with van der Waals surface area (Å²) in [5.41, 5.74) is 2.65. The van der Waals surface area contributed by atoms with E-state index < -0.39 is 0 Å². The van der Waals surface area contributed by atoms with Gasteiger partial charge in [0, 0.05) is 24.4 Å². The molecule has 0 aromatic heterocycles. The minimum Gasteiger partial charge on any atom is -0.391 e. The molecule has 4 nitrogen and oxygen atoms in total. The van der Waals surface area contributed by atoms with E-state index in [1.54, 1.807) is 0 Å². The maximum atomic E-state index is 10.1. The van der Waals surface area contributed by atoms with Crippen molar-refractivity contribution in [2.45, 2.75) is 26.2 Å². The second-order valence-corrected chi connectivity index (χ2v) is 3.64. The van der Waals surface area contributed by atoms with Gasteiger partial charge in [-0.3, -0.25) is 0 Å². The van der Waals surface area contributed by atoms with E-state index in [4.69, 9.17) is 5.41 Å². The highest BCUT2D eigenvalue weighted by atomic mass is 16.3. The Morgan fingerprint density at radius 2 is 2.21 bits per heavy atom. The number of nitrogens with one attached hydrogen (secondary N) is 2. The van der Waals surface area contributed by atoms with Crippen LogP contribution >= 0.6 is 0 Å². The predicted octanol–water partition coefficient (Wildman–Crippen LogP) is 2.07. The lowest BCUT2D eigenvalue weighted by Crippen LogP contribution is -2.14. The van der Waals surface area contributed by atoms with Crippen molar-refractivity contribution in [2.75, 3.05) is 13.6 Å². The molecule has 1 aliphatic rings. The Kier molecular flexibility index (Phi) is 3.80. The van der Waals surface area contributed by atoms with Gasteiger partial charge in [0.1, 0.15) is 0 Å². The maximum absolute atomic E-state index is 10.1. The van der Waals surface area contributed by atoms with Crippen molar-refractivity contribution in [1.82, 2.24) is 5.32 Å². The van der Waals surface area contributed by atoms with Crippen LogP contribution in [0.3, 0.4) is 0 Å². The number of hydrogen-bond acceptors (Lipinski definition) is 4. The molecule has 0 amide bonds. The van der Waals surface area contributed by atoms with Crippen molar-refractivity contribution >= 4 is 5.71 Å². The highest BCUT2D eigenvalue weighted by Gasteiger charge is 2.29. The Balaban J connectivity index is 2.69. The predicted molar refractivity (Wildman–Crippen MR) is 57.5 cm³/mol. The Labute approximate surface area is 84.3 Å². The molecule has 2 N–H and O–H groups in total. The number of allylic oxidation sites excluding steroid dienone is 1. The van der Waals surface area contributed by atoms with Gasteiger partial charge >= 0.3 is 0 Å². The minimum absolute atomic E-state index is 0.267. The summed E-state index contributed by atoms with van der Waals surface area (Å²) < 4.78 is 0. The molecule has 0 heterocycles. The Bertz CT molecular complexity index is 267. The van der Waals surface area contributed by atoms with Gasteiger partial charge in [-0.15, -0.1) is 0 Å². The van der Waals surface area contributed by atoms with Crippen LogP contribution in [-0.4, -0.2) is 19.3 Å². The fourth-order valence-electron chi connectivity index (χ4n) is 1.45. The molecule has 0 atom stereocenters. The summed E-state index contributed by atoms with van der Waals surface area (Å²) in [4.78, 5) is 10.1. The quantitative estimate of drug-likeness (QED) is 0.503. The first-order valence-corrected chi connectivity index (χ1v) is 4.96. The third kappa shape index (κ3) is 2.65. The molecule has 0 spiro atoms. The van der Waals surface area contributed by atoms with Gasteiger partial charge in [-0.1, -0.05) is 5.18 Å². The van der Waals surface area contributed by atoms with Crippen LogP contribution in [0.2, 0.25) is 0 Å². The van der Waals surface area contributed by atoms with Gasteiger partial charge in [0.2, 0.25) is 0 Å². The minimum atomic E-state index is 0.267. The molecule has 0 unspecified atom stereocenters. The zero-order valence-electron chi connectivity index (χ0n) is 8.76. The molecule has 1 aliphatic carbocycles. The lowest BCUT2D eigenvalue weighted by molar-refractivity contribution is 0.894. The van der Waals surface area contributed by atoms with Crippen LogP contribution in [0.25, 0.3) is 0 Å². The highest BCUT2D eigenvalue weighted by molar-refractivity contribution is 6.01. The van der Waals surface area contributed by atoms with Crippen LogP contribution in [0.15, 0.2) is 16.4 Å². The molecule has 1 saturated carbocycles. The van der Waals surface area contributed by atoms with Crippen molar-refractivity contribution in [3.63, 3.8) is 0 Å². The molecule has 0 aliphatic heterocycles. The molecule has 1 fully saturated rings. The fourth-order valence-corrected chi connectivity index (χ4v) is 1.45. The second-order valence-electron chi connectivity index (χ2n) is 3.64. The van der Waals surface area contributed by atoms with Crippen LogP contribution < -0.4 is 5.32 Å². The molecule has 78 valence electrons. The zero-order valence-corrected chi connectivity index (χ0v) is 8.76. The molecular formula is C10H17N3O. The normalized spacial score (nSPS) is 17.3. The molecule has 0 bridgehead atoms. The average molecular weight is 195 g/mol. The fraction of sp³-hybridized carbons (Fsp3) is 0.700. The van der Waals surface area contributed by atoms with Crippen molar-refractivity contribution < 1.29 is 0 Å². The number of hydrogen-bond donors (Lipinski definition) is 2. The summed E-state index contributed by atoms with van der Waals surface area (Å²) in [7, 11) is 1.84. The van der Waals surface area contributed by atoms with Crippen molar-refractivity contribution in [3.05, 3.63) is 16.2 Å². The first kappa shape index (κ1) is 10.9. The molecule has 1 rings (SSSR count). The summed E-state index contributed by atoms with van der Waals surface area (Å²) in [5.74, 6) is 0.431. The van der Waals surface area contributed by atoms with Crippen molar-refractivity contribution in [3.8, 4) is 0 Å². The molecule has 0 aromatic rings. The summed E-state index contributed by atoms with van der Waals surface area (Å²) in [6.07, 6.45) is 2.83. The molecule has 4 heteroatoms. The van der Waals surface area contributed by atoms with Gasteiger partial charge in [0.05, 0.1) is 6.54 Å². The van der Waals surface area contributed by atoms with E-state index in [0.29, 0.717) is 18.1 Å². The van der Waals surface area contributed by atoms with E-state index >= 15 is 0 Å². The third-order valence-corrected chi connectivity index (χ3v) is 2.59. The summed E-state index contributed by atoms with van der Waals surface area (Å²) in [5, 5.41) is 13.8. The SMILES string of the molecule is CN/C(C)=C(/CCN=O)C(=N)C1CC1. The van der Waals surface area contributed by atoms with Gasteiger partial charge < -0.3 is 10.7 Å². The maximum Gasteiger partial charge on any atom is 0.0852 e. The highest BCUT2D eigenvalue weighted by Crippen LogP contribution is 2.33. The van der Waals surface area contributed by atoms with E-state index in [1.165, 1.54) is 0 Å². The van der Waals surface area contributed by atoms with Gasteiger partial charge in [0.15, 0.2) is 0 Å². The standard InChI is InChI=1S/C10H17N3O/c1-7(12-2)9(5-6-13-14)10(11)8-3-4-8/h8,11-12H,3-6H2,1-2H3/b9-7-,11-10?. The molecular weight excluding hydrogens is 178 g/mol. The van der Waals surface area contributed by atoms with E-state index in [9.17, 15) is 4.91 Å². The molecule has 14 heavy (non-hydrogen) atoms. The van der Waals surface area contributed by atoms with E-state index in [2.05, 4.69) is 10.5 Å². The number of rotatable bonds is 6. The lowest BCUT2D eigenvalue weighted by Gasteiger charge is -2.11. The summed E-state index contributed by atoms with van der Waals surface area (Å²) in [6.45, 7) is 2.21. The van der Waals surface area contributed by atoms with Gasteiger partial charge in [-0.2, -0.15) is 4.91 Å². The van der Waals surface area contributed by atoms with Gasteiger partial charge in [-0.05, 0) is 31.8 Å². The Morgan fingerprint density at radius 1 is 1.57 bits per heavy atom. The smallest absolute Gasteiger partial charge is 0.0852 e. The van der Waals surface area contributed by atoms with Gasteiger partial charge in [-0.25, -0.2) is 0 Å². The van der Waals surface area contributed by atoms with Crippen LogP contribution in [0.4, 0.5) is 0 Å². The lowest BCUT2D eigenvalue weighted by atomic mass is 10.0. The second kappa shape index (κ2) is 4.88. The van der Waals surface area contributed by atoms with E-state index in [1.807, 2.05) is 14.0 Å². The largest absolute Gasteiger partial charge is 0.391 e.